The Labute approximate surface area is 121 Å². The molecule has 0 spiro atoms. The summed E-state index contributed by atoms with van der Waals surface area (Å²) < 4.78 is 0. The topological polar surface area (TPSA) is 84.2 Å². The van der Waals surface area contributed by atoms with Crippen LogP contribution in [0.25, 0.3) is 0 Å². The van der Waals surface area contributed by atoms with Gasteiger partial charge in [0.15, 0.2) is 0 Å². The second-order valence-corrected chi connectivity index (χ2v) is 5.58. The summed E-state index contributed by atoms with van der Waals surface area (Å²) >= 11 is 0. The molecule has 1 fully saturated rings. The van der Waals surface area contributed by atoms with Crippen molar-refractivity contribution in [1.29, 1.82) is 0 Å². The predicted molar refractivity (Wildman–Crippen MR) is 78.1 cm³/mol. The van der Waals surface area contributed by atoms with Crippen LogP contribution in [-0.2, 0) is 0 Å². The molecule has 1 aliphatic heterocycles. The highest BCUT2D eigenvalue weighted by molar-refractivity contribution is 4.99. The van der Waals surface area contributed by atoms with Gasteiger partial charge in [-0.05, 0) is 19.0 Å². The Hall–Kier alpha value is -0.620. The summed E-state index contributed by atoms with van der Waals surface area (Å²) in [4.78, 5) is 1.72. The Morgan fingerprint density at radius 1 is 1.05 bits per heavy atom. The van der Waals surface area contributed by atoms with Gasteiger partial charge >= 0.3 is 0 Å². The van der Waals surface area contributed by atoms with Crippen LogP contribution in [0.4, 0.5) is 0 Å². The normalized spacial score (nSPS) is 31.1. The summed E-state index contributed by atoms with van der Waals surface area (Å²) in [6.07, 6.45) is 7.59. The average Bonchev–Trinajstić information content (AvgIpc) is 2.44. The molecular weight excluding hydrogens is 258 g/mol. The molecule has 4 atom stereocenters. The number of allylic oxidation sites excluding steroid dienone is 1. The van der Waals surface area contributed by atoms with Gasteiger partial charge in [0.05, 0.1) is 18.8 Å². The number of hydrogen-bond donors (Lipinski definition) is 4. The van der Waals surface area contributed by atoms with Gasteiger partial charge in [-0.3, -0.25) is 0 Å². The van der Waals surface area contributed by atoms with Gasteiger partial charge in [0.2, 0.25) is 0 Å². The number of nitrogens with zero attached hydrogens (tertiary/aromatic N) is 1. The van der Waals surface area contributed by atoms with E-state index >= 15 is 0 Å². The molecule has 5 heteroatoms. The summed E-state index contributed by atoms with van der Waals surface area (Å²) in [5.74, 6) is 0. The Morgan fingerprint density at radius 3 is 2.40 bits per heavy atom. The molecule has 4 N–H and O–H groups in total. The highest BCUT2D eigenvalue weighted by Gasteiger charge is 2.39. The zero-order valence-corrected chi connectivity index (χ0v) is 12.4. The van der Waals surface area contributed by atoms with Gasteiger partial charge in [-0.25, -0.2) is 0 Å². The first-order valence-corrected chi connectivity index (χ1v) is 7.69. The fourth-order valence-electron chi connectivity index (χ4n) is 2.57. The molecule has 0 amide bonds. The van der Waals surface area contributed by atoms with Gasteiger partial charge in [-0.2, -0.15) is 0 Å². The molecule has 0 aliphatic carbocycles. The van der Waals surface area contributed by atoms with Crippen molar-refractivity contribution in [3.05, 3.63) is 12.3 Å². The van der Waals surface area contributed by atoms with Crippen LogP contribution >= 0.6 is 0 Å². The lowest BCUT2D eigenvalue weighted by molar-refractivity contribution is -0.133. The van der Waals surface area contributed by atoms with E-state index in [1.807, 2.05) is 12.3 Å². The van der Waals surface area contributed by atoms with Crippen molar-refractivity contribution in [3.8, 4) is 0 Å². The number of aliphatic hydroxyl groups excluding tert-OH is 4. The summed E-state index contributed by atoms with van der Waals surface area (Å²) in [5, 5.41) is 38.4. The van der Waals surface area contributed by atoms with Crippen molar-refractivity contribution < 1.29 is 20.4 Å². The van der Waals surface area contributed by atoms with Crippen LogP contribution in [0.5, 0.6) is 0 Å². The van der Waals surface area contributed by atoms with E-state index in [2.05, 4.69) is 6.92 Å². The van der Waals surface area contributed by atoms with Crippen LogP contribution in [0.15, 0.2) is 12.3 Å². The molecule has 0 unspecified atom stereocenters. The maximum Gasteiger partial charge on any atom is 0.110 e. The molecule has 0 aromatic carbocycles. The molecule has 1 heterocycles. The first kappa shape index (κ1) is 17.4. The molecule has 1 saturated heterocycles. The van der Waals surface area contributed by atoms with E-state index in [9.17, 15) is 20.4 Å². The molecule has 0 radical (unpaired) electrons. The first-order chi connectivity index (χ1) is 9.61. The second-order valence-electron chi connectivity index (χ2n) is 5.58. The van der Waals surface area contributed by atoms with Gasteiger partial charge in [-0.15, -0.1) is 0 Å². The number of unbranched alkanes of at least 4 members (excludes halogenated alkanes) is 5. The van der Waals surface area contributed by atoms with E-state index in [-0.39, 0.29) is 13.2 Å². The van der Waals surface area contributed by atoms with E-state index in [0.29, 0.717) is 0 Å². The minimum atomic E-state index is -1.19. The van der Waals surface area contributed by atoms with Crippen molar-refractivity contribution in [2.75, 3.05) is 13.2 Å². The largest absolute Gasteiger partial charge is 0.394 e. The molecule has 0 saturated carbocycles. The number of aliphatic hydroxyl groups is 4. The minimum Gasteiger partial charge on any atom is -0.394 e. The Balaban J connectivity index is 2.36. The lowest BCUT2D eigenvalue weighted by atomic mass is 9.94. The van der Waals surface area contributed by atoms with Crippen molar-refractivity contribution in [2.24, 2.45) is 0 Å². The second kappa shape index (κ2) is 9.34. The summed E-state index contributed by atoms with van der Waals surface area (Å²) in [6.45, 7) is 2.18. The molecule has 0 aromatic rings. The van der Waals surface area contributed by atoms with E-state index in [1.54, 1.807) is 4.90 Å². The number of likely N-dealkylation sites (tertiary alicyclic amines) is 1. The van der Waals surface area contributed by atoms with Gasteiger partial charge in [0.1, 0.15) is 12.2 Å². The van der Waals surface area contributed by atoms with Crippen molar-refractivity contribution in [2.45, 2.75) is 69.8 Å². The Morgan fingerprint density at radius 2 is 1.75 bits per heavy atom. The lowest BCUT2D eigenvalue weighted by Gasteiger charge is -2.42. The summed E-state index contributed by atoms with van der Waals surface area (Å²) in [5.41, 5.74) is 0. The average molecular weight is 287 g/mol. The lowest BCUT2D eigenvalue weighted by Crippen LogP contribution is -2.60. The zero-order valence-electron chi connectivity index (χ0n) is 12.4. The quantitative estimate of drug-likeness (QED) is 0.492. The fourth-order valence-corrected chi connectivity index (χ4v) is 2.57. The minimum absolute atomic E-state index is 0.232. The smallest absolute Gasteiger partial charge is 0.110 e. The number of piperidine rings is 1. The van der Waals surface area contributed by atoms with E-state index in [4.69, 9.17) is 0 Å². The number of rotatable bonds is 8. The molecule has 20 heavy (non-hydrogen) atoms. The Bertz CT molecular complexity index is 285. The third-order valence-corrected chi connectivity index (χ3v) is 3.92. The third kappa shape index (κ3) is 5.05. The van der Waals surface area contributed by atoms with Gasteiger partial charge in [-0.1, -0.05) is 38.7 Å². The van der Waals surface area contributed by atoms with Crippen LogP contribution < -0.4 is 0 Å². The maximum absolute atomic E-state index is 9.83. The SMILES string of the molecule is CCCCCCCC=CN1C[C@H](O)[C@@H](O)[C@H](O)[C@H]1CO. The monoisotopic (exact) mass is 287 g/mol. The molecule has 0 bridgehead atoms. The van der Waals surface area contributed by atoms with Crippen molar-refractivity contribution >= 4 is 0 Å². The van der Waals surface area contributed by atoms with Gasteiger partial charge < -0.3 is 25.3 Å². The molecule has 1 aliphatic rings. The predicted octanol–water partition coefficient (Wildman–Crippen LogP) is 0.620. The highest BCUT2D eigenvalue weighted by atomic mass is 16.4. The fraction of sp³-hybridized carbons (Fsp3) is 0.867. The molecule has 5 nitrogen and oxygen atoms in total. The molecular formula is C15H29NO4. The van der Waals surface area contributed by atoms with Crippen molar-refractivity contribution in [1.82, 2.24) is 4.90 Å². The van der Waals surface area contributed by atoms with E-state index in [1.165, 1.54) is 25.7 Å². The standard InChI is InChI=1S/C15H29NO4/c1-2-3-4-5-6-7-8-9-16-10-13(18)15(20)14(19)12(16)11-17/h8-9,12-15,17-20H,2-7,10-11H2,1H3/t12-,13+,14-,15-/m1/s1. The zero-order chi connectivity index (χ0) is 15.0. The van der Waals surface area contributed by atoms with Crippen LogP contribution in [-0.4, -0.2) is 62.8 Å². The summed E-state index contributed by atoms with van der Waals surface area (Å²) in [6, 6.07) is -0.551. The highest BCUT2D eigenvalue weighted by Crippen LogP contribution is 2.19. The van der Waals surface area contributed by atoms with Crippen molar-refractivity contribution in [3.63, 3.8) is 0 Å². The number of hydrogen-bond acceptors (Lipinski definition) is 5. The molecule has 118 valence electrons. The third-order valence-electron chi connectivity index (χ3n) is 3.92. The van der Waals surface area contributed by atoms with E-state index < -0.39 is 24.4 Å². The molecule has 1 rings (SSSR count). The molecule has 0 aromatic heterocycles. The van der Waals surface area contributed by atoms with Crippen LogP contribution in [0.2, 0.25) is 0 Å². The Kier molecular flexibility index (Phi) is 8.14. The van der Waals surface area contributed by atoms with Gasteiger partial charge in [0.25, 0.3) is 0 Å². The van der Waals surface area contributed by atoms with Gasteiger partial charge in [0, 0.05) is 6.54 Å². The first-order valence-electron chi connectivity index (χ1n) is 7.69. The van der Waals surface area contributed by atoms with Crippen LogP contribution in [0, 0.1) is 0 Å². The van der Waals surface area contributed by atoms with E-state index in [0.717, 1.165) is 12.8 Å². The summed E-state index contributed by atoms with van der Waals surface area (Å²) in [7, 11) is 0. The maximum atomic E-state index is 9.83. The number of β-amino-alcohol motifs (C(OH)–C–C–N with tert-alkyl or cyclic N) is 1. The van der Waals surface area contributed by atoms with Crippen LogP contribution in [0.1, 0.15) is 45.4 Å². The van der Waals surface area contributed by atoms with Crippen LogP contribution in [0.3, 0.4) is 0 Å².